The summed E-state index contributed by atoms with van der Waals surface area (Å²) in [7, 11) is -3.96. The Morgan fingerprint density at radius 3 is 2.30 bits per heavy atom. The van der Waals surface area contributed by atoms with Crippen molar-refractivity contribution in [3.8, 4) is 0 Å². The molecule has 5 nitrogen and oxygen atoms in total. The smallest absolute Gasteiger partial charge is 0.262 e. The summed E-state index contributed by atoms with van der Waals surface area (Å²) in [6, 6.07) is 12.5. The van der Waals surface area contributed by atoms with Gasteiger partial charge in [-0.15, -0.1) is 0 Å². The van der Waals surface area contributed by atoms with Gasteiger partial charge in [-0.05, 0) is 67.8 Å². The van der Waals surface area contributed by atoms with E-state index >= 15 is 0 Å². The lowest BCUT2D eigenvalue weighted by atomic mass is 10.1. The number of anilines is 2. The molecule has 0 aliphatic carbocycles. The summed E-state index contributed by atoms with van der Waals surface area (Å²) in [5.41, 5.74) is 2.75. The fourth-order valence-corrected chi connectivity index (χ4v) is 4.26. The number of carbonyl (C=O) groups is 1. The maximum Gasteiger partial charge on any atom is 0.262 e. The molecular weight excluding hydrogens is 410 g/mol. The zero-order valence-corrected chi connectivity index (χ0v) is 17.4. The molecule has 0 aliphatic heterocycles. The molecule has 3 rings (SSSR count). The first-order valence-electron chi connectivity index (χ1n) is 9.04. The summed E-state index contributed by atoms with van der Waals surface area (Å²) >= 11 is 0. The Morgan fingerprint density at radius 2 is 1.60 bits per heavy atom. The molecule has 0 heterocycles. The number of nitrogens with one attached hydrogen (secondary N) is 2. The van der Waals surface area contributed by atoms with Gasteiger partial charge in [0, 0.05) is 17.3 Å². The van der Waals surface area contributed by atoms with Crippen LogP contribution in [0.4, 0.5) is 20.2 Å². The van der Waals surface area contributed by atoms with Crippen molar-refractivity contribution in [1.29, 1.82) is 0 Å². The second-order valence-electron chi connectivity index (χ2n) is 6.92. The topological polar surface area (TPSA) is 75.3 Å². The molecule has 0 bridgehead atoms. The fourth-order valence-electron chi connectivity index (χ4n) is 2.87. The third kappa shape index (κ3) is 4.49. The molecule has 3 aromatic carbocycles. The van der Waals surface area contributed by atoms with Crippen molar-refractivity contribution >= 4 is 27.3 Å². The number of benzene rings is 3. The molecule has 30 heavy (non-hydrogen) atoms. The minimum absolute atomic E-state index is 0.0531. The van der Waals surface area contributed by atoms with E-state index in [1.54, 1.807) is 19.1 Å². The van der Waals surface area contributed by atoms with Crippen molar-refractivity contribution in [2.24, 2.45) is 0 Å². The molecule has 2 N–H and O–H groups in total. The van der Waals surface area contributed by atoms with E-state index in [1.165, 1.54) is 24.3 Å². The van der Waals surface area contributed by atoms with Gasteiger partial charge in [-0.2, -0.15) is 0 Å². The molecule has 0 unspecified atom stereocenters. The molecule has 1 amide bonds. The van der Waals surface area contributed by atoms with Gasteiger partial charge in [0.2, 0.25) is 0 Å². The average Bonchev–Trinajstić information content (AvgIpc) is 2.68. The Labute approximate surface area is 173 Å². The van der Waals surface area contributed by atoms with Gasteiger partial charge in [-0.3, -0.25) is 9.52 Å². The van der Waals surface area contributed by atoms with Crippen LogP contribution in [-0.4, -0.2) is 14.3 Å². The van der Waals surface area contributed by atoms with Crippen molar-refractivity contribution in [1.82, 2.24) is 0 Å². The summed E-state index contributed by atoms with van der Waals surface area (Å²) in [5, 5.41) is 2.43. The third-order valence-corrected chi connectivity index (χ3v) is 6.27. The molecule has 0 aliphatic rings. The monoisotopic (exact) mass is 430 g/mol. The lowest BCUT2D eigenvalue weighted by molar-refractivity contribution is 0.102. The highest BCUT2D eigenvalue weighted by Crippen LogP contribution is 2.25. The van der Waals surface area contributed by atoms with Crippen LogP contribution in [0, 0.1) is 32.4 Å². The van der Waals surface area contributed by atoms with Gasteiger partial charge in [0.05, 0.1) is 10.6 Å². The molecular formula is C22H20F2N2O3S. The van der Waals surface area contributed by atoms with Crippen LogP contribution in [0.25, 0.3) is 0 Å². The highest BCUT2D eigenvalue weighted by Gasteiger charge is 2.20. The highest BCUT2D eigenvalue weighted by molar-refractivity contribution is 7.92. The standard InChI is InChI=1S/C22H20F2N2O3S/c1-13-5-4-6-20(15(13)3)26-30(28,29)21-11-16(8-7-14(21)2)22(27)25-17-9-10-18(23)19(24)12-17/h4-12,26H,1-3H3,(H,25,27). The molecule has 0 radical (unpaired) electrons. The van der Waals surface area contributed by atoms with Crippen LogP contribution in [0.5, 0.6) is 0 Å². The highest BCUT2D eigenvalue weighted by atomic mass is 32.2. The van der Waals surface area contributed by atoms with Crippen molar-refractivity contribution in [3.63, 3.8) is 0 Å². The molecule has 0 saturated carbocycles. The average molecular weight is 430 g/mol. The maximum atomic E-state index is 13.4. The van der Waals surface area contributed by atoms with Crippen LogP contribution in [-0.2, 0) is 10.0 Å². The predicted octanol–water partition coefficient (Wildman–Crippen LogP) is 4.94. The quantitative estimate of drug-likeness (QED) is 0.602. The molecule has 3 aromatic rings. The fraction of sp³-hybridized carbons (Fsp3) is 0.136. The van der Waals surface area contributed by atoms with E-state index in [9.17, 15) is 22.0 Å². The van der Waals surface area contributed by atoms with Crippen LogP contribution >= 0.6 is 0 Å². The molecule has 0 atom stereocenters. The molecule has 156 valence electrons. The van der Waals surface area contributed by atoms with Crippen LogP contribution < -0.4 is 10.0 Å². The van der Waals surface area contributed by atoms with E-state index in [1.807, 2.05) is 19.9 Å². The summed E-state index contributed by atoms with van der Waals surface area (Å²) in [5.74, 6) is -2.78. The minimum Gasteiger partial charge on any atom is -0.322 e. The van der Waals surface area contributed by atoms with Crippen LogP contribution in [0.15, 0.2) is 59.5 Å². The number of hydrogen-bond acceptors (Lipinski definition) is 3. The molecule has 0 spiro atoms. The Bertz CT molecular complexity index is 1240. The SMILES string of the molecule is Cc1ccc(C(=O)Nc2ccc(F)c(F)c2)cc1S(=O)(=O)Nc1cccc(C)c1C. The van der Waals surface area contributed by atoms with Crippen LogP contribution in [0.2, 0.25) is 0 Å². The molecule has 8 heteroatoms. The van der Waals surface area contributed by atoms with Gasteiger partial charge in [-0.25, -0.2) is 17.2 Å². The number of hydrogen-bond donors (Lipinski definition) is 2. The van der Waals surface area contributed by atoms with Crippen LogP contribution in [0.1, 0.15) is 27.0 Å². The van der Waals surface area contributed by atoms with E-state index in [2.05, 4.69) is 10.0 Å². The molecule has 0 aromatic heterocycles. The second-order valence-corrected chi connectivity index (χ2v) is 8.57. The van der Waals surface area contributed by atoms with Gasteiger partial charge in [0.25, 0.3) is 15.9 Å². The number of rotatable bonds is 5. The van der Waals surface area contributed by atoms with Gasteiger partial charge in [-0.1, -0.05) is 18.2 Å². The summed E-state index contributed by atoms with van der Waals surface area (Å²) in [4.78, 5) is 12.5. The predicted molar refractivity (Wildman–Crippen MR) is 112 cm³/mol. The van der Waals surface area contributed by atoms with E-state index in [0.29, 0.717) is 11.3 Å². The zero-order chi connectivity index (χ0) is 22.1. The lowest BCUT2D eigenvalue weighted by Gasteiger charge is -2.14. The number of aryl methyl sites for hydroxylation is 2. The maximum absolute atomic E-state index is 13.4. The van der Waals surface area contributed by atoms with Crippen molar-refractivity contribution in [3.05, 3.63) is 88.5 Å². The van der Waals surface area contributed by atoms with Crippen molar-refractivity contribution < 1.29 is 22.0 Å². The van der Waals surface area contributed by atoms with Crippen molar-refractivity contribution in [2.75, 3.05) is 10.0 Å². The van der Waals surface area contributed by atoms with E-state index < -0.39 is 27.6 Å². The first kappa shape index (κ1) is 21.4. The first-order valence-corrected chi connectivity index (χ1v) is 10.5. The Balaban J connectivity index is 1.91. The van der Waals surface area contributed by atoms with Gasteiger partial charge < -0.3 is 5.32 Å². The van der Waals surface area contributed by atoms with E-state index in [4.69, 9.17) is 0 Å². The number of amides is 1. The molecule has 0 saturated heterocycles. The largest absolute Gasteiger partial charge is 0.322 e. The lowest BCUT2D eigenvalue weighted by Crippen LogP contribution is -2.17. The van der Waals surface area contributed by atoms with E-state index in [-0.39, 0.29) is 16.1 Å². The number of carbonyl (C=O) groups excluding carboxylic acids is 1. The van der Waals surface area contributed by atoms with Crippen LogP contribution in [0.3, 0.4) is 0 Å². The minimum atomic E-state index is -3.96. The van der Waals surface area contributed by atoms with E-state index in [0.717, 1.165) is 23.3 Å². The third-order valence-electron chi connectivity index (χ3n) is 4.77. The first-order chi connectivity index (χ1) is 14.1. The second kappa shape index (κ2) is 8.23. The van der Waals surface area contributed by atoms with Gasteiger partial charge >= 0.3 is 0 Å². The summed E-state index contributed by atoms with van der Waals surface area (Å²) in [6.45, 7) is 5.31. The van der Waals surface area contributed by atoms with Gasteiger partial charge in [0.1, 0.15) is 0 Å². The number of halogens is 2. The number of sulfonamides is 1. The zero-order valence-electron chi connectivity index (χ0n) is 16.6. The summed E-state index contributed by atoms with van der Waals surface area (Å²) in [6.07, 6.45) is 0. The summed E-state index contributed by atoms with van der Waals surface area (Å²) < 4.78 is 54.9. The Morgan fingerprint density at radius 1 is 0.867 bits per heavy atom. The molecule has 0 fully saturated rings. The normalized spacial score (nSPS) is 11.2. The van der Waals surface area contributed by atoms with Gasteiger partial charge in [0.15, 0.2) is 11.6 Å². The Kier molecular flexibility index (Phi) is 5.89. The van der Waals surface area contributed by atoms with Crippen molar-refractivity contribution in [2.45, 2.75) is 25.7 Å². The Hall–Kier alpha value is -3.26.